The van der Waals surface area contributed by atoms with Gasteiger partial charge in [-0.05, 0) is 20.8 Å². The van der Waals surface area contributed by atoms with Crippen molar-refractivity contribution in [2.24, 2.45) is 0 Å². The second-order valence-electron chi connectivity index (χ2n) is 2.07. The van der Waals surface area contributed by atoms with Crippen LogP contribution < -0.4 is 10.2 Å². The van der Waals surface area contributed by atoms with E-state index in [0.717, 1.165) is 13.8 Å². The van der Waals surface area contributed by atoms with Crippen LogP contribution >= 0.6 is 0 Å². The minimum absolute atomic E-state index is 0. The summed E-state index contributed by atoms with van der Waals surface area (Å²) in [5.74, 6) is -3.10. The molecule has 16 heavy (non-hydrogen) atoms. The molecule has 0 atom stereocenters. The van der Waals surface area contributed by atoms with E-state index in [4.69, 9.17) is 24.9 Å². The molecule has 0 aliphatic heterocycles. The first-order valence-electron chi connectivity index (χ1n) is 3.35. The van der Waals surface area contributed by atoms with E-state index in [9.17, 15) is 4.79 Å². The van der Waals surface area contributed by atoms with Crippen LogP contribution in [0.25, 0.3) is 0 Å². The Morgan fingerprint density at radius 1 is 1.00 bits per heavy atom. The maximum absolute atomic E-state index is 9.60. The van der Waals surface area contributed by atoms with Crippen LogP contribution in [0.3, 0.4) is 0 Å². The van der Waals surface area contributed by atoms with Crippen LogP contribution in [0.15, 0.2) is 12.2 Å². The number of rotatable bonds is 1. The molecule has 0 aliphatic rings. The average Bonchev–Trinajstić information content (AvgIpc) is 1.83. The van der Waals surface area contributed by atoms with Gasteiger partial charge in [-0.25, -0.2) is 4.79 Å². The smallest absolute Gasteiger partial charge is 0.550 e. The Bertz CT molecular complexity index is 197. The summed E-state index contributed by atoms with van der Waals surface area (Å²) in [6, 6.07) is 0. The van der Waals surface area contributed by atoms with Crippen molar-refractivity contribution in [3.05, 3.63) is 12.2 Å². The SMILES string of the molecule is C=C(C)C(=O)O.CC(=O)[O-].CC(=O)[O-].F.[Zn+2]. The number of hydrogen-bond donors (Lipinski definition) is 1. The van der Waals surface area contributed by atoms with Crippen molar-refractivity contribution in [2.45, 2.75) is 20.8 Å². The maximum atomic E-state index is 9.60. The second-order valence-corrected chi connectivity index (χ2v) is 2.07. The molecular weight excluding hydrogens is 276 g/mol. The molecule has 1 N–H and O–H groups in total. The average molecular weight is 290 g/mol. The van der Waals surface area contributed by atoms with Crippen molar-refractivity contribution in [1.82, 2.24) is 0 Å². The Labute approximate surface area is 105 Å². The van der Waals surface area contributed by atoms with E-state index < -0.39 is 17.9 Å². The Kier molecular flexibility index (Phi) is 35.4. The zero-order chi connectivity index (χ0) is 12.3. The molecule has 0 unspecified atom stereocenters. The van der Waals surface area contributed by atoms with Gasteiger partial charge in [0.1, 0.15) is 0 Å². The molecule has 0 rings (SSSR count). The third kappa shape index (κ3) is 238. The van der Waals surface area contributed by atoms with Gasteiger partial charge < -0.3 is 24.9 Å². The number of hydrogen-bond acceptors (Lipinski definition) is 5. The van der Waals surface area contributed by atoms with E-state index in [2.05, 4.69) is 6.58 Å². The van der Waals surface area contributed by atoms with E-state index in [1.807, 2.05) is 0 Å². The molecule has 8 heteroatoms. The Morgan fingerprint density at radius 2 is 1.06 bits per heavy atom. The molecule has 6 nitrogen and oxygen atoms in total. The molecule has 0 saturated carbocycles. The summed E-state index contributed by atoms with van der Waals surface area (Å²) < 4.78 is 0. The van der Waals surface area contributed by atoms with Gasteiger partial charge in [-0.15, -0.1) is 0 Å². The van der Waals surface area contributed by atoms with Gasteiger partial charge in [-0.1, -0.05) is 6.58 Å². The summed E-state index contributed by atoms with van der Waals surface area (Å²) in [6.45, 7) is 6.55. The summed E-state index contributed by atoms with van der Waals surface area (Å²) in [5, 5.41) is 25.7. The van der Waals surface area contributed by atoms with Crippen molar-refractivity contribution in [3.8, 4) is 0 Å². The largest absolute Gasteiger partial charge is 2.00 e. The third-order valence-electron chi connectivity index (χ3n) is 0.365. The zero-order valence-electron chi connectivity index (χ0n) is 9.31. The number of aliphatic carboxylic acids is 3. The molecule has 0 spiro atoms. The van der Waals surface area contributed by atoms with Gasteiger partial charge in [-0.2, -0.15) is 0 Å². The standard InChI is InChI=1S/C4H6O2.2C2H4O2.FH.Zn/c1-3(2)4(5)6;2*1-2(3)4;;/h1H2,2H3,(H,5,6);2*1H3,(H,3,4);1H;/q;;;;+2/p-2. The molecule has 90 valence electrons. The predicted molar refractivity (Wildman–Crippen MR) is 46.3 cm³/mol. The molecule has 0 aromatic rings. The second kappa shape index (κ2) is 19.3. The first kappa shape index (κ1) is 29.3. The van der Waals surface area contributed by atoms with Crippen LogP contribution in [0.5, 0.6) is 0 Å². The van der Waals surface area contributed by atoms with Gasteiger partial charge in [0.15, 0.2) is 0 Å². The molecular formula is C8H13FO6Zn. The fourth-order valence-electron chi connectivity index (χ4n) is 0. The topological polar surface area (TPSA) is 118 Å². The van der Waals surface area contributed by atoms with E-state index in [1.54, 1.807) is 0 Å². The predicted octanol–water partition coefficient (Wildman–Crippen LogP) is -1.69. The number of halogens is 1. The monoisotopic (exact) mass is 288 g/mol. The molecule has 0 aromatic carbocycles. The van der Waals surface area contributed by atoms with Crippen molar-refractivity contribution >= 4 is 17.9 Å². The van der Waals surface area contributed by atoms with E-state index >= 15 is 0 Å². The number of carbonyl (C=O) groups is 3. The summed E-state index contributed by atoms with van der Waals surface area (Å²) in [4.78, 5) is 27.4. The van der Waals surface area contributed by atoms with Crippen LogP contribution in [0, 0.1) is 0 Å². The molecule has 0 heterocycles. The summed E-state index contributed by atoms with van der Waals surface area (Å²) in [7, 11) is 0. The molecule has 0 aliphatic carbocycles. The van der Waals surface area contributed by atoms with Gasteiger partial charge >= 0.3 is 25.4 Å². The third-order valence-corrected chi connectivity index (χ3v) is 0.365. The summed E-state index contributed by atoms with van der Waals surface area (Å²) in [6.07, 6.45) is 0. The minimum Gasteiger partial charge on any atom is -0.550 e. The summed E-state index contributed by atoms with van der Waals surface area (Å²) in [5.41, 5.74) is 0.176. The van der Waals surface area contributed by atoms with Gasteiger partial charge in [-0.3, -0.25) is 4.70 Å². The number of carboxylic acid groups (broad SMARTS) is 3. The quantitative estimate of drug-likeness (QED) is 0.454. The Balaban J connectivity index is -0.0000000367. The molecule has 0 fully saturated rings. The van der Waals surface area contributed by atoms with Gasteiger partial charge in [0.05, 0.1) is 0 Å². The first-order valence-corrected chi connectivity index (χ1v) is 3.35. The van der Waals surface area contributed by atoms with Crippen molar-refractivity contribution < 1.29 is 53.9 Å². The van der Waals surface area contributed by atoms with E-state index in [1.165, 1.54) is 6.92 Å². The molecule has 0 aromatic heterocycles. The Hall–Kier alpha value is -1.30. The van der Waals surface area contributed by atoms with Crippen LogP contribution in [-0.2, 0) is 33.9 Å². The fourth-order valence-corrected chi connectivity index (χ4v) is 0. The van der Waals surface area contributed by atoms with Crippen LogP contribution in [-0.4, -0.2) is 23.0 Å². The number of carboxylic acids is 3. The van der Waals surface area contributed by atoms with E-state index in [-0.39, 0.29) is 29.8 Å². The molecule has 0 saturated heterocycles. The van der Waals surface area contributed by atoms with Crippen LogP contribution in [0.2, 0.25) is 0 Å². The molecule has 0 radical (unpaired) electrons. The van der Waals surface area contributed by atoms with Gasteiger partial charge in [0, 0.05) is 17.5 Å². The normalized spacial score (nSPS) is 5.94. The van der Waals surface area contributed by atoms with Crippen molar-refractivity contribution in [2.75, 3.05) is 0 Å². The Morgan fingerprint density at radius 3 is 1.06 bits per heavy atom. The van der Waals surface area contributed by atoms with E-state index in [0.29, 0.717) is 0 Å². The van der Waals surface area contributed by atoms with Gasteiger partial charge in [0.2, 0.25) is 0 Å². The van der Waals surface area contributed by atoms with Crippen molar-refractivity contribution in [1.29, 1.82) is 0 Å². The molecule has 0 amide bonds. The minimum atomic E-state index is -1.08. The first-order chi connectivity index (χ1) is 6.11. The maximum Gasteiger partial charge on any atom is 2.00 e. The fraction of sp³-hybridized carbons (Fsp3) is 0.375. The summed E-state index contributed by atoms with van der Waals surface area (Å²) >= 11 is 0. The van der Waals surface area contributed by atoms with Gasteiger partial charge in [0.25, 0.3) is 0 Å². The molecule has 0 bridgehead atoms. The van der Waals surface area contributed by atoms with Crippen LogP contribution in [0.4, 0.5) is 4.70 Å². The van der Waals surface area contributed by atoms with Crippen molar-refractivity contribution in [3.63, 3.8) is 0 Å². The zero-order valence-corrected chi connectivity index (χ0v) is 12.3. The number of carbonyl (C=O) groups excluding carboxylic acids is 2. The van der Waals surface area contributed by atoms with Crippen LogP contribution in [0.1, 0.15) is 20.8 Å².